The van der Waals surface area contributed by atoms with Crippen LogP contribution in [0.2, 0.25) is 5.02 Å². The SMILES string of the molecule is N#Cc1cccc(NC(=O)CNc2ccc(C(F)(F)F)cc2Cl)c1. The lowest BCUT2D eigenvalue weighted by atomic mass is 10.2. The summed E-state index contributed by atoms with van der Waals surface area (Å²) in [7, 11) is 0. The van der Waals surface area contributed by atoms with Crippen molar-refractivity contribution in [2.24, 2.45) is 0 Å². The maximum Gasteiger partial charge on any atom is 0.416 e. The van der Waals surface area contributed by atoms with Gasteiger partial charge in [0.2, 0.25) is 5.91 Å². The molecule has 2 N–H and O–H groups in total. The lowest BCUT2D eigenvalue weighted by Crippen LogP contribution is -2.22. The standard InChI is InChI=1S/C16H11ClF3N3O/c17-13-7-11(16(18,19)20)4-5-14(13)22-9-15(24)23-12-3-1-2-10(6-12)8-21/h1-7,22H,9H2,(H,23,24). The number of amides is 1. The van der Waals surface area contributed by atoms with E-state index < -0.39 is 17.6 Å². The van der Waals surface area contributed by atoms with E-state index in [1.54, 1.807) is 18.2 Å². The van der Waals surface area contributed by atoms with E-state index in [1.165, 1.54) is 6.07 Å². The Morgan fingerprint density at radius 2 is 1.96 bits per heavy atom. The van der Waals surface area contributed by atoms with E-state index in [1.807, 2.05) is 6.07 Å². The van der Waals surface area contributed by atoms with Crippen LogP contribution in [0.1, 0.15) is 11.1 Å². The Balaban J connectivity index is 1.98. The highest BCUT2D eigenvalue weighted by atomic mass is 35.5. The summed E-state index contributed by atoms with van der Waals surface area (Å²) in [6, 6.07) is 11.1. The molecule has 0 atom stereocenters. The molecule has 0 heterocycles. The molecule has 0 unspecified atom stereocenters. The Morgan fingerprint density at radius 1 is 1.21 bits per heavy atom. The van der Waals surface area contributed by atoms with Crippen LogP contribution in [0.15, 0.2) is 42.5 Å². The molecule has 0 aliphatic heterocycles. The number of carbonyl (C=O) groups is 1. The van der Waals surface area contributed by atoms with Gasteiger partial charge in [-0.3, -0.25) is 4.79 Å². The van der Waals surface area contributed by atoms with Crippen LogP contribution in [-0.2, 0) is 11.0 Å². The minimum atomic E-state index is -4.48. The molecule has 2 rings (SSSR count). The molecule has 8 heteroatoms. The van der Waals surface area contributed by atoms with E-state index in [0.29, 0.717) is 11.3 Å². The summed E-state index contributed by atoms with van der Waals surface area (Å²) in [6.07, 6.45) is -4.48. The number of anilines is 2. The van der Waals surface area contributed by atoms with Crippen molar-refractivity contribution in [3.8, 4) is 6.07 Å². The van der Waals surface area contributed by atoms with E-state index in [2.05, 4.69) is 10.6 Å². The Labute approximate surface area is 140 Å². The van der Waals surface area contributed by atoms with Crippen molar-refractivity contribution in [3.63, 3.8) is 0 Å². The quantitative estimate of drug-likeness (QED) is 0.862. The third-order valence-corrected chi connectivity index (χ3v) is 3.32. The van der Waals surface area contributed by atoms with E-state index in [4.69, 9.17) is 16.9 Å². The minimum Gasteiger partial charge on any atom is -0.375 e. The molecule has 4 nitrogen and oxygen atoms in total. The van der Waals surface area contributed by atoms with Gasteiger partial charge in [0, 0.05) is 5.69 Å². The average Bonchev–Trinajstić information content (AvgIpc) is 2.53. The second-order valence-electron chi connectivity index (χ2n) is 4.79. The van der Waals surface area contributed by atoms with Gasteiger partial charge in [-0.15, -0.1) is 0 Å². The molecule has 0 bridgehead atoms. The van der Waals surface area contributed by atoms with Crippen molar-refractivity contribution in [1.29, 1.82) is 5.26 Å². The van der Waals surface area contributed by atoms with Crippen molar-refractivity contribution < 1.29 is 18.0 Å². The summed E-state index contributed by atoms with van der Waals surface area (Å²) in [5.74, 6) is -0.430. The third-order valence-electron chi connectivity index (χ3n) is 3.01. The summed E-state index contributed by atoms with van der Waals surface area (Å²) >= 11 is 5.79. The first-order valence-corrected chi connectivity index (χ1v) is 7.08. The first-order valence-electron chi connectivity index (χ1n) is 6.70. The normalized spacial score (nSPS) is 10.8. The zero-order valence-corrected chi connectivity index (χ0v) is 12.9. The van der Waals surface area contributed by atoms with Crippen LogP contribution >= 0.6 is 11.6 Å². The van der Waals surface area contributed by atoms with Crippen molar-refractivity contribution >= 4 is 28.9 Å². The molecule has 0 fully saturated rings. The molecule has 0 saturated carbocycles. The number of halogens is 4. The molecular weight excluding hydrogens is 343 g/mol. The number of nitrogens with zero attached hydrogens (tertiary/aromatic N) is 1. The largest absolute Gasteiger partial charge is 0.416 e. The molecule has 1 amide bonds. The number of nitriles is 1. The van der Waals surface area contributed by atoms with Gasteiger partial charge < -0.3 is 10.6 Å². The van der Waals surface area contributed by atoms with Crippen LogP contribution in [0, 0.1) is 11.3 Å². The topological polar surface area (TPSA) is 64.9 Å². The van der Waals surface area contributed by atoms with Crippen LogP contribution < -0.4 is 10.6 Å². The lowest BCUT2D eigenvalue weighted by molar-refractivity contribution is -0.137. The lowest BCUT2D eigenvalue weighted by Gasteiger charge is -2.12. The van der Waals surface area contributed by atoms with Crippen LogP contribution in [0.3, 0.4) is 0 Å². The highest BCUT2D eigenvalue weighted by molar-refractivity contribution is 6.33. The number of alkyl halides is 3. The molecule has 0 aliphatic carbocycles. The molecule has 0 aliphatic rings. The number of rotatable bonds is 4. The van der Waals surface area contributed by atoms with E-state index >= 15 is 0 Å². The van der Waals surface area contributed by atoms with E-state index in [0.717, 1.165) is 18.2 Å². The smallest absolute Gasteiger partial charge is 0.375 e. The van der Waals surface area contributed by atoms with Crippen molar-refractivity contribution in [2.45, 2.75) is 6.18 Å². The minimum absolute atomic E-state index is 0.135. The van der Waals surface area contributed by atoms with Gasteiger partial charge in [0.05, 0.1) is 34.5 Å². The Kier molecular flexibility index (Phi) is 5.31. The fourth-order valence-electron chi connectivity index (χ4n) is 1.88. The molecule has 0 saturated heterocycles. The molecule has 0 aromatic heterocycles. The summed E-state index contributed by atoms with van der Waals surface area (Å²) in [5.41, 5.74) is 0.187. The molecule has 0 spiro atoms. The van der Waals surface area contributed by atoms with Crippen molar-refractivity contribution in [1.82, 2.24) is 0 Å². The maximum absolute atomic E-state index is 12.6. The van der Waals surface area contributed by atoms with Gasteiger partial charge in [-0.2, -0.15) is 18.4 Å². The molecular formula is C16H11ClF3N3O. The summed E-state index contributed by atoms with van der Waals surface area (Å²) in [4.78, 5) is 11.8. The fourth-order valence-corrected chi connectivity index (χ4v) is 2.13. The summed E-state index contributed by atoms with van der Waals surface area (Å²) in [6.45, 7) is -0.193. The zero-order chi connectivity index (χ0) is 17.7. The predicted molar refractivity (Wildman–Crippen MR) is 84.7 cm³/mol. The molecule has 2 aromatic rings. The predicted octanol–water partition coefficient (Wildman–Crippen LogP) is 4.28. The number of benzene rings is 2. The summed E-state index contributed by atoms with van der Waals surface area (Å²) in [5, 5.41) is 13.9. The van der Waals surface area contributed by atoms with Gasteiger partial charge in [0.25, 0.3) is 0 Å². The summed E-state index contributed by atoms with van der Waals surface area (Å²) < 4.78 is 37.7. The van der Waals surface area contributed by atoms with Crippen LogP contribution in [0.5, 0.6) is 0 Å². The van der Waals surface area contributed by atoms with Gasteiger partial charge in [-0.05, 0) is 36.4 Å². The van der Waals surface area contributed by atoms with Gasteiger partial charge in [0.15, 0.2) is 0 Å². The number of hydrogen-bond donors (Lipinski definition) is 2. The monoisotopic (exact) mass is 353 g/mol. The molecule has 124 valence electrons. The number of nitrogens with one attached hydrogen (secondary N) is 2. The Bertz CT molecular complexity index is 800. The Morgan fingerprint density at radius 3 is 2.58 bits per heavy atom. The van der Waals surface area contributed by atoms with Crippen molar-refractivity contribution in [3.05, 3.63) is 58.6 Å². The Hall–Kier alpha value is -2.72. The third kappa shape index (κ3) is 4.64. The molecule has 24 heavy (non-hydrogen) atoms. The van der Waals surface area contributed by atoms with Gasteiger partial charge in [-0.1, -0.05) is 17.7 Å². The van der Waals surface area contributed by atoms with Crippen molar-refractivity contribution in [2.75, 3.05) is 17.2 Å². The van der Waals surface area contributed by atoms with Gasteiger partial charge in [-0.25, -0.2) is 0 Å². The van der Waals surface area contributed by atoms with E-state index in [9.17, 15) is 18.0 Å². The average molecular weight is 354 g/mol. The number of hydrogen-bond acceptors (Lipinski definition) is 3. The zero-order valence-electron chi connectivity index (χ0n) is 12.1. The second kappa shape index (κ2) is 7.23. The fraction of sp³-hybridized carbons (Fsp3) is 0.125. The van der Waals surface area contributed by atoms with E-state index in [-0.39, 0.29) is 17.3 Å². The van der Waals surface area contributed by atoms with Gasteiger partial charge >= 0.3 is 6.18 Å². The molecule has 0 radical (unpaired) electrons. The van der Waals surface area contributed by atoms with Crippen LogP contribution in [0.25, 0.3) is 0 Å². The molecule has 2 aromatic carbocycles. The van der Waals surface area contributed by atoms with Gasteiger partial charge in [0.1, 0.15) is 0 Å². The van der Waals surface area contributed by atoms with Crippen LogP contribution in [-0.4, -0.2) is 12.5 Å². The highest BCUT2D eigenvalue weighted by Gasteiger charge is 2.30. The first kappa shape index (κ1) is 17.6. The second-order valence-corrected chi connectivity index (χ2v) is 5.19. The maximum atomic E-state index is 12.6. The first-order chi connectivity index (χ1) is 11.3. The highest BCUT2D eigenvalue weighted by Crippen LogP contribution is 2.33. The number of carbonyl (C=O) groups excluding carboxylic acids is 1. The van der Waals surface area contributed by atoms with Crippen LogP contribution in [0.4, 0.5) is 24.5 Å².